The summed E-state index contributed by atoms with van der Waals surface area (Å²) in [7, 11) is 1.15. The normalized spacial score (nSPS) is 17.1. The highest BCUT2D eigenvalue weighted by molar-refractivity contribution is 6.14. The summed E-state index contributed by atoms with van der Waals surface area (Å²) in [6, 6.07) is 15.1. The number of aliphatic hydroxyl groups excluding tert-OH is 1. The Bertz CT molecular complexity index is 1410. The number of ether oxygens (including phenoxy) is 3. The molecule has 2 N–H and O–H groups in total. The van der Waals surface area contributed by atoms with E-state index in [1.54, 1.807) is 6.07 Å². The van der Waals surface area contributed by atoms with Gasteiger partial charge in [0, 0.05) is 36.3 Å². The number of rotatable bonds is 14. The summed E-state index contributed by atoms with van der Waals surface area (Å²) in [6.07, 6.45) is 0.464. The summed E-state index contributed by atoms with van der Waals surface area (Å²) < 4.78 is 16.1. The molecule has 0 bridgehead atoms. The van der Waals surface area contributed by atoms with Gasteiger partial charge in [-0.1, -0.05) is 38.1 Å². The smallest absolute Gasteiger partial charge is 0.336 e. The largest absolute Gasteiger partial charge is 0.491 e. The molecule has 0 saturated carbocycles. The summed E-state index contributed by atoms with van der Waals surface area (Å²) in [5.41, 5.74) is 1.09. The van der Waals surface area contributed by atoms with Crippen LogP contribution in [-0.4, -0.2) is 66.7 Å². The maximum Gasteiger partial charge on any atom is 0.336 e. The number of methoxy groups -OCH3 is 1. The molecule has 1 heterocycles. The number of hydrogen-bond acceptors (Lipinski definition) is 11. The molecule has 1 aliphatic heterocycles. The van der Waals surface area contributed by atoms with Crippen LogP contribution in [0.25, 0.3) is 0 Å². The molecule has 3 unspecified atom stereocenters. The minimum atomic E-state index is -1.28. The molecule has 0 saturated heterocycles. The summed E-state index contributed by atoms with van der Waals surface area (Å²) in [5.74, 6) is -3.26. The molecular weight excluding hydrogens is 556 g/mol. The molecule has 3 atom stereocenters. The number of non-ortho nitro benzene ring substituents is 1. The van der Waals surface area contributed by atoms with Gasteiger partial charge in [0.15, 0.2) is 0 Å². The monoisotopic (exact) mass is 592 g/mol. The predicted molar refractivity (Wildman–Crippen MR) is 157 cm³/mol. The molecule has 0 radical (unpaired) electrons. The lowest BCUT2D eigenvalue weighted by molar-refractivity contribution is -0.384. The molecule has 43 heavy (non-hydrogen) atoms. The number of carbonyl (C=O) groups is 2. The molecule has 0 spiro atoms. The Kier molecular flexibility index (Phi) is 11.9. The highest BCUT2D eigenvalue weighted by Gasteiger charge is 2.44. The average Bonchev–Trinajstić information content (AvgIpc) is 3.00. The Labute approximate surface area is 250 Å². The predicted octanol–water partition coefficient (Wildman–Crippen LogP) is 3.63. The fourth-order valence-electron chi connectivity index (χ4n) is 4.69. The summed E-state index contributed by atoms with van der Waals surface area (Å²) >= 11 is 0. The van der Waals surface area contributed by atoms with Crippen LogP contribution in [0.15, 0.2) is 64.8 Å². The van der Waals surface area contributed by atoms with E-state index in [4.69, 9.17) is 14.2 Å². The highest BCUT2D eigenvalue weighted by Crippen LogP contribution is 2.41. The van der Waals surface area contributed by atoms with Crippen molar-refractivity contribution in [2.75, 3.05) is 26.9 Å². The van der Waals surface area contributed by atoms with Crippen molar-refractivity contribution in [3.63, 3.8) is 0 Å². The summed E-state index contributed by atoms with van der Waals surface area (Å²) in [6.45, 7) is 6.18. The van der Waals surface area contributed by atoms with Gasteiger partial charge in [-0.3, -0.25) is 14.9 Å². The number of allylic oxidation sites excluding steroid dienone is 1. The van der Waals surface area contributed by atoms with Gasteiger partial charge in [-0.2, -0.15) is 5.26 Å². The number of aryl methyl sites for hydroxylation is 1. The number of nitrogens with one attached hydrogen (secondary N) is 1. The Balaban J connectivity index is 1.67. The minimum Gasteiger partial charge on any atom is -0.491 e. The van der Waals surface area contributed by atoms with Gasteiger partial charge in [-0.25, -0.2) is 9.79 Å². The van der Waals surface area contributed by atoms with E-state index < -0.39 is 34.8 Å². The van der Waals surface area contributed by atoms with Gasteiger partial charge in [0.05, 0.1) is 24.2 Å². The van der Waals surface area contributed by atoms with Crippen LogP contribution in [0.1, 0.15) is 44.2 Å². The lowest BCUT2D eigenvalue weighted by Crippen LogP contribution is -2.36. The van der Waals surface area contributed by atoms with Gasteiger partial charge in [0.2, 0.25) is 0 Å². The van der Waals surface area contributed by atoms with E-state index in [2.05, 4.69) is 10.3 Å². The fraction of sp³-hybridized carbons (Fsp3) is 0.419. The van der Waals surface area contributed by atoms with Crippen molar-refractivity contribution in [3.05, 3.63) is 81.0 Å². The highest BCUT2D eigenvalue weighted by atomic mass is 16.6. The van der Waals surface area contributed by atoms with Gasteiger partial charge in [-0.15, -0.1) is 0 Å². The molecule has 0 amide bonds. The lowest BCUT2D eigenvalue weighted by Gasteiger charge is -2.30. The summed E-state index contributed by atoms with van der Waals surface area (Å²) in [4.78, 5) is 41.2. The molecule has 0 aromatic heterocycles. The molecule has 12 heteroatoms. The topological polar surface area (TPSA) is 173 Å². The molecule has 12 nitrogen and oxygen atoms in total. The molecule has 3 rings (SSSR count). The van der Waals surface area contributed by atoms with Crippen molar-refractivity contribution in [1.82, 2.24) is 5.32 Å². The molecule has 0 fully saturated rings. The number of nitriles is 1. The van der Waals surface area contributed by atoms with Crippen molar-refractivity contribution in [1.29, 1.82) is 5.26 Å². The Hall–Kier alpha value is -4.60. The number of nitrogens with zero attached hydrogens (tertiary/aromatic N) is 3. The number of carbonyl (C=O) groups excluding carboxylic acids is 2. The lowest BCUT2D eigenvalue weighted by atomic mass is 9.75. The van der Waals surface area contributed by atoms with E-state index in [-0.39, 0.29) is 47.5 Å². The number of hydrogen-bond donors (Lipinski definition) is 2. The number of esters is 2. The first-order valence-corrected chi connectivity index (χ1v) is 13.9. The molecule has 2 aromatic rings. The van der Waals surface area contributed by atoms with E-state index in [0.29, 0.717) is 25.1 Å². The maximum absolute atomic E-state index is 13.4. The van der Waals surface area contributed by atoms with Crippen LogP contribution in [0.2, 0.25) is 0 Å². The van der Waals surface area contributed by atoms with Crippen molar-refractivity contribution in [3.8, 4) is 11.8 Å². The fourth-order valence-corrected chi connectivity index (χ4v) is 4.69. The van der Waals surface area contributed by atoms with E-state index >= 15 is 0 Å². The van der Waals surface area contributed by atoms with Crippen LogP contribution in [0.4, 0.5) is 5.69 Å². The molecule has 1 aliphatic rings. The van der Waals surface area contributed by atoms with Crippen LogP contribution in [0, 0.1) is 27.4 Å². The van der Waals surface area contributed by atoms with Crippen LogP contribution < -0.4 is 10.1 Å². The molecular formula is C31H36N4O8. The standard InChI is InChI=1S/C31H36N4O8/c1-19(2)33-17-24(36)18-43-25-12-10-21(11-13-25)7-6-14-42-31(38)27-20(3)34-26(16-32)29(30(37)41-4)28(27)22-8-5-9-23(15-22)35(39)40/h5,8-13,15,19,24,28-29,33,36H,6-7,14,17-18H2,1-4H3. The first-order valence-electron chi connectivity index (χ1n) is 13.9. The van der Waals surface area contributed by atoms with Gasteiger partial charge in [0.25, 0.3) is 5.69 Å². The van der Waals surface area contributed by atoms with E-state index in [1.165, 1.54) is 25.1 Å². The number of aliphatic imine (C=N–C) groups is 1. The first kappa shape index (κ1) is 32.9. The second-order valence-electron chi connectivity index (χ2n) is 10.3. The Morgan fingerprint density at radius 3 is 2.56 bits per heavy atom. The van der Waals surface area contributed by atoms with Crippen molar-refractivity contribution in [2.45, 2.75) is 51.7 Å². The zero-order valence-electron chi connectivity index (χ0n) is 24.6. The Morgan fingerprint density at radius 1 is 1.21 bits per heavy atom. The third kappa shape index (κ3) is 8.94. The molecule has 228 valence electrons. The van der Waals surface area contributed by atoms with Gasteiger partial charge in [0.1, 0.15) is 36.2 Å². The number of nitro groups is 1. The average molecular weight is 593 g/mol. The Morgan fingerprint density at radius 2 is 1.93 bits per heavy atom. The third-order valence-electron chi connectivity index (χ3n) is 6.82. The van der Waals surface area contributed by atoms with Crippen LogP contribution in [-0.2, 0) is 25.5 Å². The van der Waals surface area contributed by atoms with E-state index in [1.807, 2.05) is 44.2 Å². The van der Waals surface area contributed by atoms with Crippen LogP contribution in [0.5, 0.6) is 5.75 Å². The van der Waals surface area contributed by atoms with E-state index in [0.717, 1.165) is 12.7 Å². The number of benzene rings is 2. The van der Waals surface area contributed by atoms with E-state index in [9.17, 15) is 30.1 Å². The molecule has 2 aromatic carbocycles. The molecule has 0 aliphatic carbocycles. The van der Waals surface area contributed by atoms with Crippen LogP contribution in [0.3, 0.4) is 0 Å². The van der Waals surface area contributed by atoms with Crippen molar-refractivity contribution < 1.29 is 33.8 Å². The number of aliphatic hydroxyl groups is 1. The third-order valence-corrected chi connectivity index (χ3v) is 6.82. The zero-order valence-corrected chi connectivity index (χ0v) is 24.6. The second kappa shape index (κ2) is 15.6. The summed E-state index contributed by atoms with van der Waals surface area (Å²) in [5, 5.41) is 34.3. The van der Waals surface area contributed by atoms with Gasteiger partial charge < -0.3 is 24.6 Å². The van der Waals surface area contributed by atoms with Crippen molar-refractivity contribution >= 4 is 23.3 Å². The SMILES string of the molecule is COC(=O)C1C(C#N)=NC(C)=C(C(=O)OCCCc2ccc(OCC(O)CNC(C)C)cc2)C1c1cccc([N+](=O)[O-])c1. The van der Waals surface area contributed by atoms with Gasteiger partial charge >= 0.3 is 11.9 Å². The second-order valence-corrected chi connectivity index (χ2v) is 10.3. The van der Waals surface area contributed by atoms with Crippen molar-refractivity contribution in [2.24, 2.45) is 10.9 Å². The van der Waals surface area contributed by atoms with Gasteiger partial charge in [-0.05, 0) is 43.0 Å². The first-order chi connectivity index (χ1) is 20.5. The van der Waals surface area contributed by atoms with Crippen LogP contribution >= 0.6 is 0 Å². The number of nitro benzene ring substituents is 1. The minimum absolute atomic E-state index is 0.0298. The zero-order chi connectivity index (χ0) is 31.5. The quantitative estimate of drug-likeness (QED) is 0.143. The maximum atomic E-state index is 13.4.